The highest BCUT2D eigenvalue weighted by atomic mass is 16.6. The van der Waals surface area contributed by atoms with E-state index in [1.165, 1.54) is 0 Å². The molecule has 2 unspecified atom stereocenters. The largest absolute Gasteiger partial charge is 0.444 e. The third kappa shape index (κ3) is 6.32. The van der Waals surface area contributed by atoms with E-state index in [0.29, 0.717) is 11.3 Å². The van der Waals surface area contributed by atoms with Crippen molar-refractivity contribution in [3.8, 4) is 0 Å². The molecule has 0 aromatic heterocycles. The minimum absolute atomic E-state index is 0.203. The Hall–Kier alpha value is -1.79. The lowest BCUT2D eigenvalue weighted by Gasteiger charge is -2.21. The van der Waals surface area contributed by atoms with Gasteiger partial charge in [0.1, 0.15) is 11.7 Å². The van der Waals surface area contributed by atoms with Gasteiger partial charge in [-0.1, -0.05) is 6.07 Å². The molecule has 2 atom stereocenters. The lowest BCUT2D eigenvalue weighted by molar-refractivity contribution is 0.0123. The van der Waals surface area contributed by atoms with Crippen molar-refractivity contribution < 1.29 is 19.7 Å². The number of hydrogen-bond acceptors (Lipinski definition) is 5. The van der Waals surface area contributed by atoms with E-state index in [1.54, 1.807) is 39.0 Å². The average molecular weight is 310 g/mol. The van der Waals surface area contributed by atoms with Crippen molar-refractivity contribution in [1.29, 1.82) is 0 Å². The zero-order valence-electron chi connectivity index (χ0n) is 13.6. The van der Waals surface area contributed by atoms with Gasteiger partial charge in [0.05, 0.1) is 6.10 Å². The zero-order chi connectivity index (χ0) is 16.9. The molecular formula is C16H26N2O4. The van der Waals surface area contributed by atoms with Crippen molar-refractivity contribution in [1.82, 2.24) is 5.32 Å². The van der Waals surface area contributed by atoms with Crippen molar-refractivity contribution in [3.05, 3.63) is 29.3 Å². The molecule has 5 N–H and O–H groups in total. The molecule has 0 radical (unpaired) electrons. The van der Waals surface area contributed by atoms with Crippen LogP contribution >= 0.6 is 0 Å². The molecule has 6 heteroatoms. The molecular weight excluding hydrogens is 284 g/mol. The summed E-state index contributed by atoms with van der Waals surface area (Å²) >= 11 is 0. The number of alkyl carbamates (subject to hydrolysis) is 1. The van der Waals surface area contributed by atoms with Gasteiger partial charge >= 0.3 is 6.09 Å². The van der Waals surface area contributed by atoms with Gasteiger partial charge in [0.15, 0.2) is 0 Å². The van der Waals surface area contributed by atoms with Gasteiger partial charge in [0.25, 0.3) is 0 Å². The fraction of sp³-hybridized carbons (Fsp3) is 0.562. The third-order valence-electron chi connectivity index (χ3n) is 2.94. The number of aryl methyl sites for hydroxylation is 1. The SMILES string of the molecule is Cc1cc(N)cc(C(O)C(O)CCNC(=O)OC(C)(C)C)c1. The first-order chi connectivity index (χ1) is 10.1. The lowest BCUT2D eigenvalue weighted by atomic mass is 10.00. The first kappa shape index (κ1) is 18.3. The second-order valence-corrected chi connectivity index (χ2v) is 6.41. The number of nitrogen functional groups attached to an aromatic ring is 1. The lowest BCUT2D eigenvalue weighted by Crippen LogP contribution is -2.34. The fourth-order valence-corrected chi connectivity index (χ4v) is 2.03. The Balaban J connectivity index is 2.48. The Labute approximate surface area is 131 Å². The van der Waals surface area contributed by atoms with Gasteiger partial charge in [-0.2, -0.15) is 0 Å². The second kappa shape index (κ2) is 7.47. The Morgan fingerprint density at radius 3 is 2.50 bits per heavy atom. The van der Waals surface area contributed by atoms with E-state index in [0.717, 1.165) is 5.56 Å². The van der Waals surface area contributed by atoms with E-state index in [-0.39, 0.29) is 13.0 Å². The second-order valence-electron chi connectivity index (χ2n) is 6.41. The van der Waals surface area contributed by atoms with Crippen LogP contribution in [0.5, 0.6) is 0 Å². The standard InChI is InChI=1S/C16H26N2O4/c1-10-7-11(9-12(17)8-10)14(20)13(19)5-6-18-15(21)22-16(2,3)4/h7-9,13-14,19-20H,5-6,17H2,1-4H3,(H,18,21). The molecule has 0 aliphatic heterocycles. The highest BCUT2D eigenvalue weighted by Gasteiger charge is 2.20. The Kier molecular flexibility index (Phi) is 6.20. The average Bonchev–Trinajstić information content (AvgIpc) is 2.34. The summed E-state index contributed by atoms with van der Waals surface area (Å²) < 4.78 is 5.09. The predicted octanol–water partition coefficient (Wildman–Crippen LogP) is 1.89. The number of carbonyl (C=O) groups is 1. The number of benzene rings is 1. The number of nitrogens with two attached hydrogens (primary N) is 1. The molecule has 1 amide bonds. The number of carbonyl (C=O) groups excluding carboxylic acids is 1. The Bertz CT molecular complexity index is 491. The van der Waals surface area contributed by atoms with E-state index in [9.17, 15) is 15.0 Å². The van der Waals surface area contributed by atoms with Gasteiger partial charge in [0, 0.05) is 12.2 Å². The minimum Gasteiger partial charge on any atom is -0.444 e. The molecule has 1 aromatic carbocycles. The van der Waals surface area contributed by atoms with Gasteiger partial charge in [-0.3, -0.25) is 0 Å². The maximum absolute atomic E-state index is 11.5. The number of amides is 1. The van der Waals surface area contributed by atoms with Crippen LogP contribution in [0.3, 0.4) is 0 Å². The summed E-state index contributed by atoms with van der Waals surface area (Å²) in [5.41, 5.74) is 7.16. The molecule has 0 aliphatic carbocycles. The zero-order valence-corrected chi connectivity index (χ0v) is 13.6. The monoisotopic (exact) mass is 310 g/mol. The van der Waals surface area contributed by atoms with Gasteiger partial charge in [-0.25, -0.2) is 4.79 Å². The van der Waals surface area contributed by atoms with Crippen molar-refractivity contribution in [2.45, 2.75) is 51.9 Å². The minimum atomic E-state index is -1.05. The molecule has 0 saturated heterocycles. The first-order valence-electron chi connectivity index (χ1n) is 7.28. The van der Waals surface area contributed by atoms with Gasteiger partial charge < -0.3 is 26.0 Å². The molecule has 0 bridgehead atoms. The summed E-state index contributed by atoms with van der Waals surface area (Å²) in [5.74, 6) is 0. The van der Waals surface area contributed by atoms with E-state index in [1.807, 2.05) is 6.92 Å². The third-order valence-corrected chi connectivity index (χ3v) is 2.94. The van der Waals surface area contributed by atoms with Crippen LogP contribution in [-0.4, -0.2) is 34.6 Å². The van der Waals surface area contributed by atoms with E-state index >= 15 is 0 Å². The molecule has 0 heterocycles. The van der Waals surface area contributed by atoms with Gasteiger partial charge in [-0.15, -0.1) is 0 Å². The summed E-state index contributed by atoms with van der Waals surface area (Å²) in [6.07, 6.45) is -2.40. The molecule has 124 valence electrons. The highest BCUT2D eigenvalue weighted by Crippen LogP contribution is 2.22. The maximum atomic E-state index is 11.5. The van der Waals surface area contributed by atoms with E-state index in [4.69, 9.17) is 10.5 Å². The smallest absolute Gasteiger partial charge is 0.407 e. The molecule has 22 heavy (non-hydrogen) atoms. The summed E-state index contributed by atoms with van der Waals surface area (Å²) in [4.78, 5) is 11.5. The highest BCUT2D eigenvalue weighted by molar-refractivity contribution is 5.67. The normalized spacial score (nSPS) is 14.3. The van der Waals surface area contributed by atoms with Crippen LogP contribution in [-0.2, 0) is 4.74 Å². The molecule has 0 saturated carbocycles. The molecule has 6 nitrogen and oxygen atoms in total. The summed E-state index contributed by atoms with van der Waals surface area (Å²) in [7, 11) is 0. The van der Waals surface area contributed by atoms with E-state index in [2.05, 4.69) is 5.32 Å². The van der Waals surface area contributed by atoms with Crippen LogP contribution in [0.1, 0.15) is 44.4 Å². The summed E-state index contributed by atoms with van der Waals surface area (Å²) in [6, 6.07) is 5.18. The van der Waals surface area contributed by atoms with Crippen molar-refractivity contribution >= 4 is 11.8 Å². The van der Waals surface area contributed by atoms with Crippen LogP contribution in [0.25, 0.3) is 0 Å². The number of ether oxygens (including phenoxy) is 1. The molecule has 1 rings (SSSR count). The fourth-order valence-electron chi connectivity index (χ4n) is 2.03. The van der Waals surface area contributed by atoms with Crippen molar-refractivity contribution in [2.24, 2.45) is 0 Å². The van der Waals surface area contributed by atoms with Crippen LogP contribution in [0.4, 0.5) is 10.5 Å². The molecule has 0 spiro atoms. The van der Waals surface area contributed by atoms with Crippen LogP contribution in [0.2, 0.25) is 0 Å². The first-order valence-corrected chi connectivity index (χ1v) is 7.28. The Morgan fingerprint density at radius 1 is 1.32 bits per heavy atom. The summed E-state index contributed by atoms with van der Waals surface area (Å²) in [6.45, 7) is 7.38. The van der Waals surface area contributed by atoms with Crippen molar-refractivity contribution in [3.63, 3.8) is 0 Å². The van der Waals surface area contributed by atoms with Gasteiger partial charge in [0.2, 0.25) is 0 Å². The van der Waals surface area contributed by atoms with Gasteiger partial charge in [-0.05, 0) is 57.4 Å². The van der Waals surface area contributed by atoms with Crippen LogP contribution < -0.4 is 11.1 Å². The number of aliphatic hydroxyl groups is 2. The van der Waals surface area contributed by atoms with Crippen molar-refractivity contribution in [2.75, 3.05) is 12.3 Å². The predicted molar refractivity (Wildman–Crippen MR) is 85.4 cm³/mol. The number of anilines is 1. The van der Waals surface area contributed by atoms with Crippen LogP contribution in [0, 0.1) is 6.92 Å². The molecule has 1 aromatic rings. The Morgan fingerprint density at radius 2 is 1.95 bits per heavy atom. The maximum Gasteiger partial charge on any atom is 0.407 e. The number of rotatable bonds is 5. The topological polar surface area (TPSA) is 105 Å². The van der Waals surface area contributed by atoms with Crippen LogP contribution in [0.15, 0.2) is 18.2 Å². The summed E-state index contributed by atoms with van der Waals surface area (Å²) in [5, 5.41) is 22.7. The molecule has 0 aliphatic rings. The number of aliphatic hydroxyl groups excluding tert-OH is 2. The van der Waals surface area contributed by atoms with E-state index < -0.39 is 23.9 Å². The number of nitrogens with one attached hydrogen (secondary N) is 1. The quantitative estimate of drug-likeness (QED) is 0.622. The number of hydrogen-bond donors (Lipinski definition) is 4. The molecule has 0 fully saturated rings.